The molecule has 0 saturated heterocycles. The molecule has 2 aromatic heterocycles. The number of benzene rings is 3. The van der Waals surface area contributed by atoms with Gasteiger partial charge < -0.3 is 11.1 Å². The van der Waals surface area contributed by atoms with Crippen LogP contribution in [0.5, 0.6) is 0 Å². The minimum absolute atomic E-state index is 0.401. The first kappa shape index (κ1) is 20.7. The minimum Gasteiger partial charge on any atom is -0.395 e. The van der Waals surface area contributed by atoms with Gasteiger partial charge in [-0.25, -0.2) is 15.0 Å². The Bertz CT molecular complexity index is 1350. The summed E-state index contributed by atoms with van der Waals surface area (Å²) in [6.45, 7) is 0. The van der Waals surface area contributed by atoms with Crippen LogP contribution >= 0.6 is 11.6 Å². The molecule has 0 radical (unpaired) electrons. The lowest BCUT2D eigenvalue weighted by atomic mass is 10.1. The highest BCUT2D eigenvalue weighted by molar-refractivity contribution is 6.33. The van der Waals surface area contributed by atoms with Crippen molar-refractivity contribution in [2.24, 2.45) is 0 Å². The number of nitrogens with one attached hydrogen (secondary N) is 1. The lowest BCUT2D eigenvalue weighted by Crippen LogP contribution is -2.00. The molecule has 0 amide bonds. The van der Waals surface area contributed by atoms with E-state index in [1.807, 2.05) is 91.0 Å². The van der Waals surface area contributed by atoms with E-state index in [1.54, 1.807) is 12.3 Å². The number of hydrogen-bond donors (Lipinski definition) is 2. The molecular formula is C27H20ClN5. The molecule has 3 aromatic carbocycles. The molecule has 0 atom stereocenters. The summed E-state index contributed by atoms with van der Waals surface area (Å²) in [5, 5.41) is 3.69. The fourth-order valence-corrected chi connectivity index (χ4v) is 3.66. The molecule has 0 aliphatic rings. The molecule has 0 fully saturated rings. The van der Waals surface area contributed by atoms with Crippen LogP contribution in [0, 0.1) is 0 Å². The molecule has 0 aliphatic heterocycles. The summed E-state index contributed by atoms with van der Waals surface area (Å²) in [7, 11) is 0. The Morgan fingerprint density at radius 2 is 1.27 bits per heavy atom. The largest absolute Gasteiger partial charge is 0.395 e. The summed E-state index contributed by atoms with van der Waals surface area (Å²) in [5.74, 6) is 1.13. The summed E-state index contributed by atoms with van der Waals surface area (Å²) in [6, 6.07) is 31.7. The molecule has 0 unspecified atom stereocenters. The van der Waals surface area contributed by atoms with Crippen LogP contribution in [0.1, 0.15) is 0 Å². The number of aromatic nitrogens is 3. The number of hydrogen-bond acceptors (Lipinski definition) is 5. The molecule has 0 spiro atoms. The van der Waals surface area contributed by atoms with Crippen molar-refractivity contribution in [3.05, 3.63) is 108 Å². The average molecular weight is 450 g/mol. The molecule has 0 bridgehead atoms. The minimum atomic E-state index is 0.401. The Kier molecular flexibility index (Phi) is 5.70. The van der Waals surface area contributed by atoms with Crippen LogP contribution in [-0.4, -0.2) is 15.0 Å². The van der Waals surface area contributed by atoms with Crippen LogP contribution in [-0.2, 0) is 0 Å². The number of nitrogens with two attached hydrogens (primary N) is 1. The van der Waals surface area contributed by atoms with Gasteiger partial charge in [0.15, 0.2) is 11.6 Å². The molecule has 5 nitrogen and oxygen atoms in total. The van der Waals surface area contributed by atoms with E-state index in [0.717, 1.165) is 33.8 Å². The smallest absolute Gasteiger partial charge is 0.160 e. The quantitative estimate of drug-likeness (QED) is 0.306. The first-order chi connectivity index (χ1) is 16.2. The van der Waals surface area contributed by atoms with Crippen LogP contribution in [0.4, 0.5) is 17.2 Å². The molecule has 3 N–H and O–H groups in total. The first-order valence-corrected chi connectivity index (χ1v) is 10.8. The van der Waals surface area contributed by atoms with Crippen molar-refractivity contribution >= 4 is 28.8 Å². The highest BCUT2D eigenvalue weighted by Crippen LogP contribution is 2.31. The van der Waals surface area contributed by atoms with Gasteiger partial charge in [0.05, 0.1) is 22.1 Å². The molecule has 6 heteroatoms. The number of rotatable bonds is 5. The molecule has 33 heavy (non-hydrogen) atoms. The van der Waals surface area contributed by atoms with Gasteiger partial charge in [-0.1, -0.05) is 84.4 Å². The third kappa shape index (κ3) is 4.54. The van der Waals surface area contributed by atoms with E-state index in [2.05, 4.69) is 10.3 Å². The van der Waals surface area contributed by atoms with Crippen molar-refractivity contribution in [3.8, 4) is 33.9 Å². The third-order valence-corrected chi connectivity index (χ3v) is 5.52. The van der Waals surface area contributed by atoms with Crippen molar-refractivity contribution in [1.29, 1.82) is 0 Å². The monoisotopic (exact) mass is 449 g/mol. The van der Waals surface area contributed by atoms with Gasteiger partial charge in [0.1, 0.15) is 0 Å². The van der Waals surface area contributed by atoms with E-state index in [-0.39, 0.29) is 0 Å². The van der Waals surface area contributed by atoms with Gasteiger partial charge in [-0.2, -0.15) is 0 Å². The van der Waals surface area contributed by atoms with Crippen LogP contribution in [0.15, 0.2) is 103 Å². The van der Waals surface area contributed by atoms with E-state index in [9.17, 15) is 0 Å². The van der Waals surface area contributed by atoms with Gasteiger partial charge >= 0.3 is 0 Å². The molecule has 160 valence electrons. The van der Waals surface area contributed by atoms with Crippen molar-refractivity contribution in [1.82, 2.24) is 15.0 Å². The standard InChI is InChI=1S/C27H20ClN5/c28-22-14-15-30-27(25(22)29)31-21-13-7-12-20(16-21)26-32-23(18-8-3-1-4-9-18)17-24(33-26)19-10-5-2-6-11-19/h1-17H,29H2,(H,30,31). The van der Waals surface area contributed by atoms with Gasteiger partial charge in [0, 0.05) is 28.6 Å². The Morgan fingerprint density at radius 3 is 1.91 bits per heavy atom. The van der Waals surface area contributed by atoms with E-state index in [1.165, 1.54) is 0 Å². The van der Waals surface area contributed by atoms with E-state index < -0.39 is 0 Å². The van der Waals surface area contributed by atoms with Crippen molar-refractivity contribution in [2.45, 2.75) is 0 Å². The van der Waals surface area contributed by atoms with Crippen LogP contribution in [0.3, 0.4) is 0 Å². The second-order valence-corrected chi connectivity index (χ2v) is 7.86. The number of anilines is 3. The highest BCUT2D eigenvalue weighted by atomic mass is 35.5. The number of halogens is 1. The molecule has 5 aromatic rings. The van der Waals surface area contributed by atoms with Crippen LogP contribution in [0.25, 0.3) is 33.9 Å². The zero-order valence-corrected chi connectivity index (χ0v) is 18.4. The van der Waals surface area contributed by atoms with Gasteiger partial charge in [0.2, 0.25) is 0 Å². The molecule has 5 rings (SSSR count). The number of nitrogen functional groups attached to an aromatic ring is 1. The van der Waals surface area contributed by atoms with E-state index in [0.29, 0.717) is 22.4 Å². The highest BCUT2D eigenvalue weighted by Gasteiger charge is 2.12. The van der Waals surface area contributed by atoms with Crippen LogP contribution < -0.4 is 11.1 Å². The Balaban J connectivity index is 1.59. The summed E-state index contributed by atoms with van der Waals surface area (Å²) in [6.07, 6.45) is 1.61. The molecule has 0 saturated carbocycles. The predicted molar refractivity (Wildman–Crippen MR) is 135 cm³/mol. The Hall–Kier alpha value is -4.22. The summed E-state index contributed by atoms with van der Waals surface area (Å²) in [5.41, 5.74) is 11.9. The zero-order valence-electron chi connectivity index (χ0n) is 17.6. The fourth-order valence-electron chi connectivity index (χ4n) is 3.51. The Labute approximate surface area is 197 Å². The van der Waals surface area contributed by atoms with Crippen LogP contribution in [0.2, 0.25) is 5.02 Å². The second-order valence-electron chi connectivity index (χ2n) is 7.45. The topological polar surface area (TPSA) is 76.7 Å². The third-order valence-electron chi connectivity index (χ3n) is 5.19. The molecule has 0 aliphatic carbocycles. The molecular weight excluding hydrogens is 430 g/mol. The van der Waals surface area contributed by atoms with Crippen molar-refractivity contribution in [3.63, 3.8) is 0 Å². The van der Waals surface area contributed by atoms with Gasteiger partial charge in [-0.3, -0.25) is 0 Å². The second kappa shape index (κ2) is 9.10. The van der Waals surface area contributed by atoms with Gasteiger partial charge in [0.25, 0.3) is 0 Å². The van der Waals surface area contributed by atoms with Crippen molar-refractivity contribution < 1.29 is 0 Å². The van der Waals surface area contributed by atoms with E-state index in [4.69, 9.17) is 27.3 Å². The maximum atomic E-state index is 6.13. The van der Waals surface area contributed by atoms with Gasteiger partial charge in [-0.15, -0.1) is 0 Å². The van der Waals surface area contributed by atoms with Gasteiger partial charge in [-0.05, 0) is 24.3 Å². The predicted octanol–water partition coefficient (Wildman–Crippen LogP) is 6.85. The number of nitrogens with zero attached hydrogens (tertiary/aromatic N) is 3. The first-order valence-electron chi connectivity index (χ1n) is 10.4. The lowest BCUT2D eigenvalue weighted by molar-refractivity contribution is 1.18. The molecule has 2 heterocycles. The SMILES string of the molecule is Nc1c(Cl)ccnc1Nc1cccc(-c2nc(-c3ccccc3)cc(-c3ccccc3)n2)c1. The maximum absolute atomic E-state index is 6.13. The normalized spacial score (nSPS) is 10.7. The maximum Gasteiger partial charge on any atom is 0.160 e. The summed E-state index contributed by atoms with van der Waals surface area (Å²) >= 11 is 6.13. The number of pyridine rings is 1. The summed E-state index contributed by atoms with van der Waals surface area (Å²) in [4.78, 5) is 14.1. The summed E-state index contributed by atoms with van der Waals surface area (Å²) < 4.78 is 0. The average Bonchev–Trinajstić information content (AvgIpc) is 2.88. The van der Waals surface area contributed by atoms with E-state index >= 15 is 0 Å². The fraction of sp³-hybridized carbons (Fsp3) is 0. The van der Waals surface area contributed by atoms with Crippen molar-refractivity contribution in [2.75, 3.05) is 11.1 Å². The lowest BCUT2D eigenvalue weighted by Gasteiger charge is -2.12. The Morgan fingerprint density at radius 1 is 0.667 bits per heavy atom. The zero-order chi connectivity index (χ0) is 22.6.